The molecule has 0 saturated heterocycles. The maximum Gasteiger partial charge on any atom is 0.229 e. The lowest BCUT2D eigenvalue weighted by atomic mass is 9.92. The maximum atomic E-state index is 12.4. The molecule has 102 valence electrons. The van der Waals surface area contributed by atoms with Crippen molar-refractivity contribution in [1.82, 2.24) is 5.32 Å². The zero-order valence-corrected chi connectivity index (χ0v) is 10.9. The lowest BCUT2D eigenvalue weighted by Crippen LogP contribution is -2.42. The van der Waals surface area contributed by atoms with Gasteiger partial charge < -0.3 is 15.7 Å². The van der Waals surface area contributed by atoms with Crippen molar-refractivity contribution in [2.75, 3.05) is 11.9 Å². The van der Waals surface area contributed by atoms with Crippen LogP contribution in [0.3, 0.4) is 0 Å². The fourth-order valence-corrected chi connectivity index (χ4v) is 3.11. The number of amides is 1. The standard InChI is InChI=1S/C15H20N2O2/c18-11-5-3-4-10(8-11)17-15(19)13-9-16-14-7-2-1-6-12(13)14/h1-2,6-7,10-11,13,16,18H,3-5,8-9H2,(H,17,19). The fraction of sp³-hybridized carbons (Fsp3) is 0.533. The second kappa shape index (κ2) is 5.21. The zero-order chi connectivity index (χ0) is 13.2. The molecule has 0 radical (unpaired) electrons. The van der Waals surface area contributed by atoms with Crippen molar-refractivity contribution in [3.8, 4) is 0 Å². The summed E-state index contributed by atoms with van der Waals surface area (Å²) in [5.74, 6) is -0.0215. The van der Waals surface area contributed by atoms with Gasteiger partial charge in [0.25, 0.3) is 0 Å². The third kappa shape index (κ3) is 2.59. The third-order valence-corrected chi connectivity index (χ3v) is 4.14. The Morgan fingerprint density at radius 2 is 2.16 bits per heavy atom. The molecular weight excluding hydrogens is 240 g/mol. The largest absolute Gasteiger partial charge is 0.393 e. The van der Waals surface area contributed by atoms with Crippen molar-refractivity contribution in [2.24, 2.45) is 0 Å². The van der Waals surface area contributed by atoms with E-state index in [4.69, 9.17) is 0 Å². The SMILES string of the molecule is O=C(NC1CCCC(O)C1)C1CNc2ccccc21. The Labute approximate surface area is 113 Å². The number of para-hydroxylation sites is 1. The Morgan fingerprint density at radius 3 is 3.00 bits per heavy atom. The summed E-state index contributed by atoms with van der Waals surface area (Å²) in [4.78, 5) is 12.4. The van der Waals surface area contributed by atoms with Crippen LogP contribution in [0.15, 0.2) is 24.3 Å². The number of aliphatic hydroxyl groups is 1. The minimum atomic E-state index is -0.256. The molecule has 0 aromatic heterocycles. The van der Waals surface area contributed by atoms with Gasteiger partial charge in [0.05, 0.1) is 12.0 Å². The molecule has 19 heavy (non-hydrogen) atoms. The summed E-state index contributed by atoms with van der Waals surface area (Å²) >= 11 is 0. The van der Waals surface area contributed by atoms with Gasteiger partial charge in [-0.3, -0.25) is 4.79 Å². The van der Waals surface area contributed by atoms with Gasteiger partial charge in [0.1, 0.15) is 0 Å². The van der Waals surface area contributed by atoms with E-state index in [0.29, 0.717) is 13.0 Å². The number of anilines is 1. The van der Waals surface area contributed by atoms with Gasteiger partial charge in [-0.15, -0.1) is 0 Å². The van der Waals surface area contributed by atoms with Gasteiger partial charge in [-0.2, -0.15) is 0 Å². The number of carbonyl (C=O) groups excluding carboxylic acids is 1. The lowest BCUT2D eigenvalue weighted by Gasteiger charge is -2.27. The quantitative estimate of drug-likeness (QED) is 0.757. The highest BCUT2D eigenvalue weighted by Gasteiger charge is 2.30. The minimum absolute atomic E-state index is 0.0801. The zero-order valence-electron chi connectivity index (χ0n) is 10.9. The van der Waals surface area contributed by atoms with E-state index in [1.807, 2.05) is 24.3 Å². The van der Waals surface area contributed by atoms with Crippen LogP contribution in [0, 0.1) is 0 Å². The number of carbonyl (C=O) groups is 1. The van der Waals surface area contributed by atoms with E-state index in [1.165, 1.54) is 0 Å². The van der Waals surface area contributed by atoms with Gasteiger partial charge in [0.15, 0.2) is 0 Å². The summed E-state index contributed by atoms with van der Waals surface area (Å²) in [7, 11) is 0. The predicted molar refractivity (Wildman–Crippen MR) is 74.1 cm³/mol. The van der Waals surface area contributed by atoms with Gasteiger partial charge in [-0.05, 0) is 37.3 Å². The highest BCUT2D eigenvalue weighted by atomic mass is 16.3. The highest BCUT2D eigenvalue weighted by Crippen LogP contribution is 2.31. The lowest BCUT2D eigenvalue weighted by molar-refractivity contribution is -0.123. The normalized spacial score (nSPS) is 29.4. The first-order valence-electron chi connectivity index (χ1n) is 7.05. The Bertz CT molecular complexity index is 475. The first-order chi connectivity index (χ1) is 9.24. The summed E-state index contributed by atoms with van der Waals surface area (Å²) in [5, 5.41) is 16.0. The fourth-order valence-electron chi connectivity index (χ4n) is 3.11. The van der Waals surface area contributed by atoms with Crippen molar-refractivity contribution in [1.29, 1.82) is 0 Å². The Morgan fingerprint density at radius 1 is 1.32 bits per heavy atom. The summed E-state index contributed by atoms with van der Waals surface area (Å²) < 4.78 is 0. The van der Waals surface area contributed by atoms with E-state index in [2.05, 4.69) is 10.6 Å². The molecule has 0 spiro atoms. The molecule has 1 aromatic carbocycles. The second-order valence-electron chi connectivity index (χ2n) is 5.55. The molecular formula is C15H20N2O2. The first kappa shape index (κ1) is 12.5. The molecule has 1 heterocycles. The van der Waals surface area contributed by atoms with E-state index in [9.17, 15) is 9.90 Å². The van der Waals surface area contributed by atoms with Crippen LogP contribution in [0.4, 0.5) is 5.69 Å². The topological polar surface area (TPSA) is 61.4 Å². The van der Waals surface area contributed by atoms with Crippen LogP contribution in [-0.2, 0) is 4.79 Å². The van der Waals surface area contributed by atoms with Crippen LogP contribution < -0.4 is 10.6 Å². The van der Waals surface area contributed by atoms with Crippen molar-refractivity contribution >= 4 is 11.6 Å². The smallest absolute Gasteiger partial charge is 0.229 e. The van der Waals surface area contributed by atoms with Gasteiger partial charge in [-0.1, -0.05) is 18.2 Å². The molecule has 3 rings (SSSR count). The van der Waals surface area contributed by atoms with Crippen LogP contribution in [0.25, 0.3) is 0 Å². The molecule has 4 nitrogen and oxygen atoms in total. The van der Waals surface area contributed by atoms with Crippen LogP contribution in [0.5, 0.6) is 0 Å². The number of hydrogen-bond donors (Lipinski definition) is 3. The number of aliphatic hydroxyl groups excluding tert-OH is 1. The molecule has 0 bridgehead atoms. The predicted octanol–water partition coefficient (Wildman–Crippen LogP) is 1.62. The summed E-state index contributed by atoms with van der Waals surface area (Å²) in [6, 6.07) is 8.09. The van der Waals surface area contributed by atoms with Crippen LogP contribution in [-0.4, -0.2) is 29.7 Å². The number of fused-ring (bicyclic) bond motifs is 1. The van der Waals surface area contributed by atoms with E-state index in [1.54, 1.807) is 0 Å². The molecule has 4 heteroatoms. The second-order valence-corrected chi connectivity index (χ2v) is 5.55. The van der Waals surface area contributed by atoms with Crippen LogP contribution >= 0.6 is 0 Å². The molecule has 3 unspecified atom stereocenters. The average Bonchev–Trinajstić information content (AvgIpc) is 2.82. The Kier molecular flexibility index (Phi) is 3.42. The molecule has 1 aromatic rings. The molecule has 1 saturated carbocycles. The summed E-state index contributed by atoms with van der Waals surface area (Å²) in [5.41, 5.74) is 2.14. The molecule has 2 aliphatic rings. The van der Waals surface area contributed by atoms with E-state index < -0.39 is 0 Å². The number of hydrogen-bond acceptors (Lipinski definition) is 3. The first-order valence-corrected chi connectivity index (χ1v) is 7.05. The number of nitrogens with one attached hydrogen (secondary N) is 2. The summed E-state index contributed by atoms with van der Waals surface area (Å²) in [6.07, 6.45) is 3.26. The number of rotatable bonds is 2. The van der Waals surface area contributed by atoms with Crippen molar-refractivity contribution in [3.05, 3.63) is 29.8 Å². The van der Waals surface area contributed by atoms with Crippen molar-refractivity contribution < 1.29 is 9.90 Å². The molecule has 1 aliphatic carbocycles. The van der Waals surface area contributed by atoms with E-state index >= 15 is 0 Å². The molecule has 1 amide bonds. The van der Waals surface area contributed by atoms with Crippen molar-refractivity contribution in [3.63, 3.8) is 0 Å². The van der Waals surface area contributed by atoms with E-state index in [0.717, 1.165) is 30.5 Å². The van der Waals surface area contributed by atoms with Gasteiger partial charge in [0, 0.05) is 18.3 Å². The average molecular weight is 260 g/mol. The van der Waals surface area contributed by atoms with Crippen LogP contribution in [0.1, 0.15) is 37.2 Å². The van der Waals surface area contributed by atoms with Gasteiger partial charge in [0.2, 0.25) is 5.91 Å². The van der Waals surface area contributed by atoms with Gasteiger partial charge >= 0.3 is 0 Å². The Hall–Kier alpha value is -1.55. The van der Waals surface area contributed by atoms with Gasteiger partial charge in [-0.25, -0.2) is 0 Å². The molecule has 3 atom stereocenters. The van der Waals surface area contributed by atoms with Crippen LogP contribution in [0.2, 0.25) is 0 Å². The molecule has 1 fully saturated rings. The van der Waals surface area contributed by atoms with Crippen molar-refractivity contribution in [2.45, 2.75) is 43.7 Å². The molecule has 3 N–H and O–H groups in total. The monoisotopic (exact) mass is 260 g/mol. The summed E-state index contributed by atoms with van der Waals surface area (Å²) in [6.45, 7) is 0.667. The number of benzene rings is 1. The Balaban J connectivity index is 1.65. The maximum absolute atomic E-state index is 12.4. The highest BCUT2D eigenvalue weighted by molar-refractivity contribution is 5.88. The third-order valence-electron chi connectivity index (χ3n) is 4.14. The van der Waals surface area contributed by atoms with E-state index in [-0.39, 0.29) is 24.0 Å². The minimum Gasteiger partial charge on any atom is -0.393 e. The molecule has 1 aliphatic heterocycles.